The van der Waals surface area contributed by atoms with Crippen LogP contribution in [0.5, 0.6) is 11.6 Å². The van der Waals surface area contributed by atoms with Crippen LogP contribution in [0, 0.1) is 6.92 Å². The fraction of sp³-hybridized carbons (Fsp3) is 0.200. The van der Waals surface area contributed by atoms with Crippen molar-refractivity contribution in [3.05, 3.63) is 53.7 Å². The number of hydrogen-bond acceptors (Lipinski definition) is 4. The standard InChI is InChI=1S/C15H15NO3/c1-3-18-14-10-12(8-9-16-14)15(17)19-13-6-4-11(2)5-7-13/h4-10H,3H2,1-2H3. The molecule has 0 radical (unpaired) electrons. The molecular weight excluding hydrogens is 242 g/mol. The molecule has 98 valence electrons. The Bertz CT molecular complexity index is 564. The third-order valence-corrected chi connectivity index (χ3v) is 2.49. The Morgan fingerprint density at radius 1 is 1.21 bits per heavy atom. The first-order valence-electron chi connectivity index (χ1n) is 6.06. The zero-order valence-electron chi connectivity index (χ0n) is 10.9. The molecule has 4 heteroatoms. The quantitative estimate of drug-likeness (QED) is 0.624. The van der Waals surface area contributed by atoms with Gasteiger partial charge in [0.2, 0.25) is 5.88 Å². The van der Waals surface area contributed by atoms with Crippen molar-refractivity contribution in [2.75, 3.05) is 6.61 Å². The average molecular weight is 257 g/mol. The molecule has 0 saturated carbocycles. The number of benzene rings is 1. The van der Waals surface area contributed by atoms with Crippen LogP contribution in [0.4, 0.5) is 0 Å². The molecule has 2 aromatic rings. The lowest BCUT2D eigenvalue weighted by molar-refractivity contribution is 0.0734. The minimum absolute atomic E-state index is 0.416. The van der Waals surface area contributed by atoms with E-state index in [1.54, 1.807) is 24.3 Å². The minimum Gasteiger partial charge on any atom is -0.478 e. The lowest BCUT2D eigenvalue weighted by Gasteiger charge is -2.06. The maximum absolute atomic E-state index is 11.9. The van der Waals surface area contributed by atoms with Gasteiger partial charge in [-0.2, -0.15) is 0 Å². The van der Waals surface area contributed by atoms with E-state index in [1.165, 1.54) is 6.20 Å². The van der Waals surface area contributed by atoms with Gasteiger partial charge in [0, 0.05) is 12.3 Å². The van der Waals surface area contributed by atoms with Crippen LogP contribution in [0.25, 0.3) is 0 Å². The van der Waals surface area contributed by atoms with Crippen LogP contribution in [0.3, 0.4) is 0 Å². The number of aryl methyl sites for hydroxylation is 1. The molecular formula is C15H15NO3. The molecule has 0 bridgehead atoms. The molecule has 19 heavy (non-hydrogen) atoms. The highest BCUT2D eigenvalue weighted by Crippen LogP contribution is 2.15. The number of hydrogen-bond donors (Lipinski definition) is 0. The highest BCUT2D eigenvalue weighted by atomic mass is 16.5. The minimum atomic E-state index is -0.424. The molecule has 0 aliphatic rings. The number of ether oxygens (including phenoxy) is 2. The molecule has 0 aliphatic heterocycles. The monoisotopic (exact) mass is 257 g/mol. The molecule has 1 aromatic heterocycles. The predicted molar refractivity (Wildman–Crippen MR) is 71.5 cm³/mol. The van der Waals surface area contributed by atoms with Gasteiger partial charge in [-0.25, -0.2) is 9.78 Å². The first-order chi connectivity index (χ1) is 9.19. The second-order valence-electron chi connectivity index (χ2n) is 4.02. The van der Waals surface area contributed by atoms with Crippen LogP contribution in [-0.4, -0.2) is 17.6 Å². The number of nitrogens with zero attached hydrogens (tertiary/aromatic N) is 1. The number of rotatable bonds is 4. The number of aromatic nitrogens is 1. The van der Waals surface area contributed by atoms with Crippen LogP contribution in [-0.2, 0) is 0 Å². The smallest absolute Gasteiger partial charge is 0.343 e. The van der Waals surface area contributed by atoms with E-state index in [-0.39, 0.29) is 0 Å². The van der Waals surface area contributed by atoms with Crippen molar-refractivity contribution < 1.29 is 14.3 Å². The molecule has 0 N–H and O–H groups in total. The van der Waals surface area contributed by atoms with Gasteiger partial charge in [-0.1, -0.05) is 17.7 Å². The van der Waals surface area contributed by atoms with Gasteiger partial charge in [-0.3, -0.25) is 0 Å². The molecule has 2 rings (SSSR count). The molecule has 0 saturated heterocycles. The van der Waals surface area contributed by atoms with E-state index < -0.39 is 5.97 Å². The van der Waals surface area contributed by atoms with Crippen molar-refractivity contribution in [1.29, 1.82) is 0 Å². The second-order valence-corrected chi connectivity index (χ2v) is 4.02. The van der Waals surface area contributed by atoms with Gasteiger partial charge < -0.3 is 9.47 Å². The van der Waals surface area contributed by atoms with E-state index in [0.29, 0.717) is 23.8 Å². The van der Waals surface area contributed by atoms with Crippen molar-refractivity contribution in [3.8, 4) is 11.6 Å². The topological polar surface area (TPSA) is 48.4 Å². The zero-order chi connectivity index (χ0) is 13.7. The van der Waals surface area contributed by atoms with E-state index in [9.17, 15) is 4.79 Å². The Kier molecular flexibility index (Phi) is 4.13. The van der Waals surface area contributed by atoms with Crippen LogP contribution in [0.1, 0.15) is 22.8 Å². The highest BCUT2D eigenvalue weighted by molar-refractivity contribution is 5.91. The molecule has 0 atom stereocenters. The molecule has 4 nitrogen and oxygen atoms in total. The van der Waals surface area contributed by atoms with Crippen molar-refractivity contribution in [2.45, 2.75) is 13.8 Å². The van der Waals surface area contributed by atoms with Crippen LogP contribution in [0.15, 0.2) is 42.6 Å². The molecule has 1 aromatic carbocycles. The third-order valence-electron chi connectivity index (χ3n) is 2.49. The molecule has 0 spiro atoms. The van der Waals surface area contributed by atoms with Crippen molar-refractivity contribution in [1.82, 2.24) is 4.98 Å². The van der Waals surface area contributed by atoms with Crippen LogP contribution < -0.4 is 9.47 Å². The number of pyridine rings is 1. The maximum Gasteiger partial charge on any atom is 0.343 e. The molecule has 0 fully saturated rings. The lowest BCUT2D eigenvalue weighted by atomic mass is 10.2. The average Bonchev–Trinajstić information content (AvgIpc) is 2.42. The lowest BCUT2D eigenvalue weighted by Crippen LogP contribution is -2.09. The van der Waals surface area contributed by atoms with Crippen LogP contribution in [0.2, 0.25) is 0 Å². The van der Waals surface area contributed by atoms with Crippen molar-refractivity contribution in [2.24, 2.45) is 0 Å². The third kappa shape index (κ3) is 3.55. The van der Waals surface area contributed by atoms with Gasteiger partial charge in [0.25, 0.3) is 0 Å². The summed E-state index contributed by atoms with van der Waals surface area (Å²) in [6, 6.07) is 10.5. The van der Waals surface area contributed by atoms with Gasteiger partial charge in [0.05, 0.1) is 12.2 Å². The van der Waals surface area contributed by atoms with Crippen molar-refractivity contribution >= 4 is 5.97 Å². The van der Waals surface area contributed by atoms with Gasteiger partial charge in [0.1, 0.15) is 5.75 Å². The summed E-state index contributed by atoms with van der Waals surface area (Å²) in [6.45, 7) is 4.34. The van der Waals surface area contributed by atoms with E-state index >= 15 is 0 Å². The van der Waals surface area contributed by atoms with E-state index in [0.717, 1.165) is 5.56 Å². The number of carbonyl (C=O) groups is 1. The Labute approximate surface area is 112 Å². The number of carbonyl (C=O) groups excluding carboxylic acids is 1. The Balaban J connectivity index is 2.11. The predicted octanol–water partition coefficient (Wildman–Crippen LogP) is 3.01. The summed E-state index contributed by atoms with van der Waals surface area (Å²) in [7, 11) is 0. The summed E-state index contributed by atoms with van der Waals surface area (Å²) >= 11 is 0. The van der Waals surface area contributed by atoms with Gasteiger partial charge in [0.15, 0.2) is 0 Å². The SMILES string of the molecule is CCOc1cc(C(=O)Oc2ccc(C)cc2)ccn1. The molecule has 1 heterocycles. The van der Waals surface area contributed by atoms with E-state index in [2.05, 4.69) is 4.98 Å². The first-order valence-corrected chi connectivity index (χ1v) is 6.06. The summed E-state index contributed by atoms with van der Waals surface area (Å²) in [5.74, 6) is 0.512. The first kappa shape index (κ1) is 13.1. The Morgan fingerprint density at radius 3 is 2.63 bits per heavy atom. The maximum atomic E-state index is 11.9. The van der Waals surface area contributed by atoms with Gasteiger partial charge in [-0.15, -0.1) is 0 Å². The normalized spacial score (nSPS) is 10.0. The molecule has 0 aliphatic carbocycles. The second kappa shape index (κ2) is 6.00. The van der Waals surface area contributed by atoms with Gasteiger partial charge in [-0.05, 0) is 32.0 Å². The van der Waals surface area contributed by atoms with Crippen molar-refractivity contribution in [3.63, 3.8) is 0 Å². The van der Waals surface area contributed by atoms with E-state index in [1.807, 2.05) is 26.0 Å². The Morgan fingerprint density at radius 2 is 1.95 bits per heavy atom. The largest absolute Gasteiger partial charge is 0.478 e. The summed E-state index contributed by atoms with van der Waals surface area (Å²) in [5.41, 5.74) is 1.53. The molecule has 0 unspecified atom stereocenters. The fourth-order valence-corrected chi connectivity index (χ4v) is 1.54. The fourth-order valence-electron chi connectivity index (χ4n) is 1.54. The van der Waals surface area contributed by atoms with Crippen LogP contribution >= 0.6 is 0 Å². The highest BCUT2D eigenvalue weighted by Gasteiger charge is 2.10. The number of esters is 1. The summed E-state index contributed by atoms with van der Waals surface area (Å²) in [6.07, 6.45) is 1.52. The van der Waals surface area contributed by atoms with Gasteiger partial charge >= 0.3 is 5.97 Å². The van der Waals surface area contributed by atoms with E-state index in [4.69, 9.17) is 9.47 Å². The molecule has 0 amide bonds. The summed E-state index contributed by atoms with van der Waals surface area (Å²) < 4.78 is 10.5. The zero-order valence-corrected chi connectivity index (χ0v) is 10.9. The Hall–Kier alpha value is -2.36. The summed E-state index contributed by atoms with van der Waals surface area (Å²) in [5, 5.41) is 0. The summed E-state index contributed by atoms with van der Waals surface area (Å²) in [4.78, 5) is 16.0.